The molecule has 2 atom stereocenters. The molecule has 0 aliphatic heterocycles. The van der Waals surface area contributed by atoms with E-state index >= 15 is 0 Å². The van der Waals surface area contributed by atoms with E-state index in [0.717, 1.165) is 32.1 Å². The fraction of sp³-hybridized carbons (Fsp3) is 0.857. The third-order valence-electron chi connectivity index (χ3n) is 3.93. The van der Waals surface area contributed by atoms with Crippen molar-refractivity contribution in [3.63, 3.8) is 0 Å². The molecule has 0 N–H and O–H groups in total. The highest BCUT2D eigenvalue weighted by atomic mass is 16.1. The Kier molecular flexibility index (Phi) is 4.53. The molecule has 0 bridgehead atoms. The molecule has 0 amide bonds. The molecule has 0 radical (unpaired) electrons. The number of carbonyl (C=O) groups is 1. The van der Waals surface area contributed by atoms with Crippen molar-refractivity contribution in [2.24, 2.45) is 17.3 Å². The zero-order valence-corrected chi connectivity index (χ0v) is 10.8. The molecule has 0 spiro atoms. The monoisotopic (exact) mass is 221 g/mol. The lowest BCUT2D eigenvalue weighted by atomic mass is 9.65. The van der Waals surface area contributed by atoms with E-state index in [1.807, 2.05) is 6.92 Å². The summed E-state index contributed by atoms with van der Waals surface area (Å²) in [6, 6.07) is 2.19. The van der Waals surface area contributed by atoms with Crippen LogP contribution in [0.4, 0.5) is 0 Å². The normalized spacial score (nSPS) is 25.8. The molecule has 1 fully saturated rings. The van der Waals surface area contributed by atoms with Crippen molar-refractivity contribution < 1.29 is 4.79 Å². The molecule has 0 heterocycles. The molecule has 2 heteroatoms. The van der Waals surface area contributed by atoms with Gasteiger partial charge in [-0.15, -0.1) is 0 Å². The molecule has 1 aliphatic rings. The smallest absolute Gasteiger partial charge is 0.153 e. The lowest BCUT2D eigenvalue weighted by Gasteiger charge is -2.38. The highest BCUT2D eigenvalue weighted by Gasteiger charge is 2.39. The van der Waals surface area contributed by atoms with Crippen molar-refractivity contribution in [3.05, 3.63) is 0 Å². The molecular formula is C14H23NO. The minimum Gasteiger partial charge on any atom is -0.298 e. The number of rotatable bonds is 4. The second-order valence-electron chi connectivity index (χ2n) is 5.66. The first-order chi connectivity index (χ1) is 7.53. The maximum atomic E-state index is 12.3. The molecule has 16 heavy (non-hydrogen) atoms. The van der Waals surface area contributed by atoms with Crippen LogP contribution in [0.15, 0.2) is 0 Å². The molecule has 0 aromatic heterocycles. The van der Waals surface area contributed by atoms with E-state index in [1.165, 1.54) is 6.42 Å². The Bertz CT molecular complexity index is 288. The van der Waals surface area contributed by atoms with Gasteiger partial charge in [-0.25, -0.2) is 0 Å². The Morgan fingerprint density at radius 2 is 2.19 bits per heavy atom. The van der Waals surface area contributed by atoms with Gasteiger partial charge >= 0.3 is 0 Å². The number of nitriles is 1. The van der Waals surface area contributed by atoms with Gasteiger partial charge in [0.25, 0.3) is 0 Å². The van der Waals surface area contributed by atoms with Gasteiger partial charge in [0.1, 0.15) is 5.92 Å². The molecule has 90 valence electrons. The number of nitrogens with zero attached hydrogens (tertiary/aromatic N) is 1. The lowest BCUT2D eigenvalue weighted by molar-refractivity contribution is -0.130. The van der Waals surface area contributed by atoms with E-state index in [9.17, 15) is 4.79 Å². The predicted molar refractivity (Wildman–Crippen MR) is 64.8 cm³/mol. The van der Waals surface area contributed by atoms with Gasteiger partial charge in [-0.1, -0.05) is 40.0 Å². The van der Waals surface area contributed by atoms with Gasteiger partial charge < -0.3 is 0 Å². The highest BCUT2D eigenvalue weighted by Crippen LogP contribution is 2.42. The molecule has 0 aromatic carbocycles. The SMILES string of the molecule is CCCC(C#N)C(=O)C1CCCCC1(C)C. The summed E-state index contributed by atoms with van der Waals surface area (Å²) in [7, 11) is 0. The zero-order valence-electron chi connectivity index (χ0n) is 10.8. The number of hydrogen-bond acceptors (Lipinski definition) is 2. The summed E-state index contributed by atoms with van der Waals surface area (Å²) in [5.41, 5.74) is 0.0954. The number of carbonyl (C=O) groups excluding carboxylic acids is 1. The van der Waals surface area contributed by atoms with Crippen LogP contribution in [0, 0.1) is 28.6 Å². The molecule has 2 nitrogen and oxygen atoms in total. The molecule has 1 saturated carbocycles. The van der Waals surface area contributed by atoms with Crippen LogP contribution in [-0.2, 0) is 4.79 Å². The van der Waals surface area contributed by atoms with Crippen LogP contribution < -0.4 is 0 Å². The van der Waals surface area contributed by atoms with Crippen LogP contribution in [-0.4, -0.2) is 5.78 Å². The number of ketones is 1. The Balaban J connectivity index is 2.75. The maximum Gasteiger partial charge on any atom is 0.153 e. The fourth-order valence-electron chi connectivity index (χ4n) is 2.82. The van der Waals surface area contributed by atoms with Gasteiger partial charge in [-0.3, -0.25) is 4.79 Å². The summed E-state index contributed by atoms with van der Waals surface area (Å²) in [5.74, 6) is -0.0566. The van der Waals surface area contributed by atoms with E-state index in [1.54, 1.807) is 0 Å². The van der Waals surface area contributed by atoms with Crippen molar-refractivity contribution in [3.8, 4) is 6.07 Å². The van der Waals surface area contributed by atoms with Crippen LogP contribution in [0.2, 0.25) is 0 Å². The predicted octanol–water partition coefficient (Wildman–Crippen LogP) is 3.71. The van der Waals surface area contributed by atoms with Gasteiger partial charge in [-0.2, -0.15) is 5.26 Å². The van der Waals surface area contributed by atoms with E-state index in [2.05, 4.69) is 19.9 Å². The van der Waals surface area contributed by atoms with Crippen molar-refractivity contribution in [1.29, 1.82) is 5.26 Å². The zero-order chi connectivity index (χ0) is 12.2. The summed E-state index contributed by atoms with van der Waals surface area (Å²) < 4.78 is 0. The molecule has 1 rings (SSSR count). The largest absolute Gasteiger partial charge is 0.298 e. The Labute approximate surface area is 99.0 Å². The molecule has 0 saturated heterocycles. The number of Topliss-reactive ketones (excluding diaryl/α,β-unsaturated/α-hetero) is 1. The Morgan fingerprint density at radius 3 is 2.69 bits per heavy atom. The second-order valence-corrected chi connectivity index (χ2v) is 5.66. The van der Waals surface area contributed by atoms with Crippen molar-refractivity contribution >= 4 is 5.78 Å². The van der Waals surface area contributed by atoms with Gasteiger partial charge in [0.2, 0.25) is 0 Å². The van der Waals surface area contributed by atoms with Gasteiger partial charge in [0, 0.05) is 5.92 Å². The highest BCUT2D eigenvalue weighted by molar-refractivity contribution is 5.86. The third-order valence-corrected chi connectivity index (χ3v) is 3.93. The molecular weight excluding hydrogens is 198 g/mol. The van der Waals surface area contributed by atoms with E-state index in [-0.39, 0.29) is 23.0 Å². The first-order valence-electron chi connectivity index (χ1n) is 6.46. The maximum absolute atomic E-state index is 12.3. The first kappa shape index (κ1) is 13.2. The van der Waals surface area contributed by atoms with E-state index in [0.29, 0.717) is 0 Å². The van der Waals surface area contributed by atoms with Crippen LogP contribution in [0.1, 0.15) is 59.3 Å². The molecule has 2 unspecified atom stereocenters. The van der Waals surface area contributed by atoms with Gasteiger partial charge in [0.15, 0.2) is 5.78 Å². The Hall–Kier alpha value is -0.840. The van der Waals surface area contributed by atoms with E-state index < -0.39 is 0 Å². The first-order valence-corrected chi connectivity index (χ1v) is 6.46. The van der Waals surface area contributed by atoms with Crippen LogP contribution in [0.5, 0.6) is 0 Å². The molecule has 1 aliphatic carbocycles. The minimum absolute atomic E-state index is 0.0954. The fourth-order valence-corrected chi connectivity index (χ4v) is 2.82. The minimum atomic E-state index is -0.368. The van der Waals surface area contributed by atoms with Crippen LogP contribution in [0.3, 0.4) is 0 Å². The average Bonchev–Trinajstić information content (AvgIpc) is 2.24. The third kappa shape index (κ3) is 2.84. The second kappa shape index (κ2) is 5.48. The standard InChI is InChI=1S/C14H23NO/c1-4-7-11(10-15)13(16)12-8-5-6-9-14(12,2)3/h11-12H,4-9H2,1-3H3. The topological polar surface area (TPSA) is 40.9 Å². The summed E-state index contributed by atoms with van der Waals surface area (Å²) in [4.78, 5) is 12.3. The summed E-state index contributed by atoms with van der Waals surface area (Å²) in [6.45, 7) is 6.38. The van der Waals surface area contributed by atoms with Crippen molar-refractivity contribution in [2.45, 2.75) is 59.3 Å². The Morgan fingerprint density at radius 1 is 1.50 bits per heavy atom. The molecule has 0 aromatic rings. The van der Waals surface area contributed by atoms with Gasteiger partial charge in [-0.05, 0) is 24.7 Å². The van der Waals surface area contributed by atoms with Crippen LogP contribution >= 0.6 is 0 Å². The van der Waals surface area contributed by atoms with Crippen molar-refractivity contribution in [1.82, 2.24) is 0 Å². The van der Waals surface area contributed by atoms with E-state index in [4.69, 9.17) is 5.26 Å². The van der Waals surface area contributed by atoms with Crippen LogP contribution in [0.25, 0.3) is 0 Å². The lowest BCUT2D eigenvalue weighted by Crippen LogP contribution is -2.37. The average molecular weight is 221 g/mol. The summed E-state index contributed by atoms with van der Waals surface area (Å²) >= 11 is 0. The quantitative estimate of drug-likeness (QED) is 0.726. The number of hydrogen-bond donors (Lipinski definition) is 0. The summed E-state index contributed by atoms with van der Waals surface area (Å²) in [6.07, 6.45) is 6.10. The van der Waals surface area contributed by atoms with Crippen molar-refractivity contribution in [2.75, 3.05) is 0 Å². The summed E-state index contributed by atoms with van der Waals surface area (Å²) in [5, 5.41) is 9.06. The van der Waals surface area contributed by atoms with Gasteiger partial charge in [0.05, 0.1) is 6.07 Å².